The molecule has 0 radical (unpaired) electrons. The van der Waals surface area contributed by atoms with Crippen LogP contribution < -0.4 is 5.84 Å². The standard InChI is InChI=1S/C16H24N4O/c1-2-21-12-11-20-15-6-4-3-5-14(15)18-16(20)13-7-9-19(17)10-8-13/h3-6,13H,2,7-12,17H2,1H3. The highest BCUT2D eigenvalue weighted by Gasteiger charge is 2.24. The number of piperidine rings is 1. The molecular weight excluding hydrogens is 264 g/mol. The summed E-state index contributed by atoms with van der Waals surface area (Å²) in [6, 6.07) is 8.37. The molecule has 0 saturated carbocycles. The second-order valence-electron chi connectivity index (χ2n) is 5.62. The van der Waals surface area contributed by atoms with Gasteiger partial charge in [-0.05, 0) is 31.9 Å². The number of nitrogens with zero attached hydrogens (tertiary/aromatic N) is 3. The fraction of sp³-hybridized carbons (Fsp3) is 0.562. The van der Waals surface area contributed by atoms with E-state index in [4.69, 9.17) is 15.6 Å². The SMILES string of the molecule is CCOCCn1c(C2CCN(N)CC2)nc2ccccc21. The van der Waals surface area contributed by atoms with E-state index < -0.39 is 0 Å². The minimum Gasteiger partial charge on any atom is -0.380 e. The molecule has 1 aromatic heterocycles. The molecule has 0 spiro atoms. The van der Waals surface area contributed by atoms with Crippen molar-refractivity contribution in [3.05, 3.63) is 30.1 Å². The predicted octanol–water partition coefficient (Wildman–Crippen LogP) is 2.13. The molecule has 1 fully saturated rings. The van der Waals surface area contributed by atoms with Crippen LogP contribution in [0.15, 0.2) is 24.3 Å². The molecule has 0 amide bonds. The predicted molar refractivity (Wildman–Crippen MR) is 84.0 cm³/mol. The summed E-state index contributed by atoms with van der Waals surface area (Å²) < 4.78 is 7.87. The van der Waals surface area contributed by atoms with Gasteiger partial charge in [-0.3, -0.25) is 5.84 Å². The first-order valence-electron chi connectivity index (χ1n) is 7.82. The molecule has 1 saturated heterocycles. The quantitative estimate of drug-likeness (QED) is 0.676. The first-order valence-corrected chi connectivity index (χ1v) is 7.82. The molecule has 21 heavy (non-hydrogen) atoms. The van der Waals surface area contributed by atoms with Crippen molar-refractivity contribution in [3.8, 4) is 0 Å². The summed E-state index contributed by atoms with van der Waals surface area (Å²) in [6.07, 6.45) is 2.16. The van der Waals surface area contributed by atoms with Gasteiger partial charge < -0.3 is 9.30 Å². The molecule has 5 heteroatoms. The summed E-state index contributed by atoms with van der Waals surface area (Å²) in [5.41, 5.74) is 2.29. The van der Waals surface area contributed by atoms with Crippen molar-refractivity contribution in [1.29, 1.82) is 0 Å². The van der Waals surface area contributed by atoms with Gasteiger partial charge in [-0.15, -0.1) is 0 Å². The third-order valence-electron chi connectivity index (χ3n) is 4.24. The number of hydrazine groups is 1. The highest BCUT2D eigenvalue weighted by molar-refractivity contribution is 5.76. The number of imidazole rings is 1. The highest BCUT2D eigenvalue weighted by Crippen LogP contribution is 2.29. The molecule has 3 rings (SSSR count). The molecule has 1 aliphatic heterocycles. The van der Waals surface area contributed by atoms with Crippen LogP contribution in [0.5, 0.6) is 0 Å². The summed E-state index contributed by atoms with van der Waals surface area (Å²) in [5.74, 6) is 7.57. The maximum atomic E-state index is 5.87. The number of aromatic nitrogens is 2. The van der Waals surface area contributed by atoms with Crippen LogP contribution in [-0.2, 0) is 11.3 Å². The third kappa shape index (κ3) is 3.10. The summed E-state index contributed by atoms with van der Waals surface area (Å²) in [6.45, 7) is 6.28. The summed E-state index contributed by atoms with van der Waals surface area (Å²) in [4.78, 5) is 4.89. The van der Waals surface area contributed by atoms with Crippen LogP contribution >= 0.6 is 0 Å². The van der Waals surface area contributed by atoms with Crippen molar-refractivity contribution < 1.29 is 4.74 Å². The molecule has 1 aromatic carbocycles. The largest absolute Gasteiger partial charge is 0.380 e. The monoisotopic (exact) mass is 288 g/mol. The first kappa shape index (κ1) is 14.5. The van der Waals surface area contributed by atoms with Crippen molar-refractivity contribution >= 4 is 11.0 Å². The van der Waals surface area contributed by atoms with Crippen molar-refractivity contribution in [2.45, 2.75) is 32.2 Å². The topological polar surface area (TPSA) is 56.3 Å². The lowest BCUT2D eigenvalue weighted by Gasteiger charge is -2.28. The summed E-state index contributed by atoms with van der Waals surface area (Å²) in [5, 5.41) is 1.91. The zero-order chi connectivity index (χ0) is 14.7. The zero-order valence-electron chi connectivity index (χ0n) is 12.7. The van der Waals surface area contributed by atoms with Gasteiger partial charge in [-0.25, -0.2) is 9.99 Å². The summed E-state index contributed by atoms with van der Waals surface area (Å²) >= 11 is 0. The number of benzene rings is 1. The van der Waals surface area contributed by atoms with Crippen LogP contribution in [0.1, 0.15) is 31.5 Å². The molecule has 114 valence electrons. The molecule has 5 nitrogen and oxygen atoms in total. The van der Waals surface area contributed by atoms with Crippen molar-refractivity contribution in [2.24, 2.45) is 5.84 Å². The molecule has 2 heterocycles. The molecule has 0 atom stereocenters. The molecule has 2 N–H and O–H groups in total. The smallest absolute Gasteiger partial charge is 0.113 e. The Bertz CT molecular complexity index is 587. The van der Waals surface area contributed by atoms with Gasteiger partial charge in [0.25, 0.3) is 0 Å². The Morgan fingerprint density at radius 2 is 2.05 bits per heavy atom. The van der Waals surface area contributed by atoms with Crippen LogP contribution in [-0.4, -0.2) is 40.9 Å². The van der Waals surface area contributed by atoms with E-state index in [1.54, 1.807) is 0 Å². The number of hydrogen-bond donors (Lipinski definition) is 1. The lowest BCUT2D eigenvalue weighted by molar-refractivity contribution is 0.138. The molecule has 0 aliphatic carbocycles. The van der Waals surface area contributed by atoms with Gasteiger partial charge in [0.2, 0.25) is 0 Å². The van der Waals surface area contributed by atoms with Crippen molar-refractivity contribution in [2.75, 3.05) is 26.3 Å². The normalized spacial score (nSPS) is 17.6. The summed E-state index contributed by atoms with van der Waals surface area (Å²) in [7, 11) is 0. The van der Waals surface area contributed by atoms with Crippen LogP contribution in [0.3, 0.4) is 0 Å². The van der Waals surface area contributed by atoms with Crippen LogP contribution in [0, 0.1) is 0 Å². The maximum Gasteiger partial charge on any atom is 0.113 e. The Morgan fingerprint density at radius 3 is 2.81 bits per heavy atom. The molecule has 0 bridgehead atoms. The van der Waals surface area contributed by atoms with Crippen molar-refractivity contribution in [3.63, 3.8) is 0 Å². The number of hydrogen-bond acceptors (Lipinski definition) is 4. The van der Waals surface area contributed by atoms with Gasteiger partial charge in [0.1, 0.15) is 5.82 Å². The van der Waals surface area contributed by atoms with E-state index in [-0.39, 0.29) is 0 Å². The second kappa shape index (κ2) is 6.56. The number of nitrogens with two attached hydrogens (primary N) is 1. The molecule has 0 unspecified atom stereocenters. The minimum absolute atomic E-state index is 0.499. The average molecular weight is 288 g/mol. The lowest BCUT2D eigenvalue weighted by atomic mass is 9.97. The third-order valence-corrected chi connectivity index (χ3v) is 4.24. The second-order valence-corrected chi connectivity index (χ2v) is 5.62. The Labute approximate surface area is 125 Å². The zero-order valence-corrected chi connectivity index (χ0v) is 12.7. The Balaban J connectivity index is 1.90. The van der Waals surface area contributed by atoms with Gasteiger partial charge >= 0.3 is 0 Å². The van der Waals surface area contributed by atoms with E-state index in [1.807, 2.05) is 11.9 Å². The fourth-order valence-corrected chi connectivity index (χ4v) is 3.10. The molecule has 1 aliphatic rings. The van der Waals surface area contributed by atoms with E-state index in [0.29, 0.717) is 5.92 Å². The van der Waals surface area contributed by atoms with Gasteiger partial charge in [0.15, 0.2) is 0 Å². The number of fused-ring (bicyclic) bond motifs is 1. The van der Waals surface area contributed by atoms with Gasteiger partial charge in [0, 0.05) is 32.2 Å². The van der Waals surface area contributed by atoms with Crippen molar-refractivity contribution in [1.82, 2.24) is 14.6 Å². The van der Waals surface area contributed by atoms with E-state index in [0.717, 1.165) is 51.2 Å². The van der Waals surface area contributed by atoms with E-state index in [2.05, 4.69) is 28.8 Å². The Kier molecular flexibility index (Phi) is 4.53. The van der Waals surface area contributed by atoms with Crippen LogP contribution in [0.2, 0.25) is 0 Å². The number of rotatable bonds is 5. The fourth-order valence-electron chi connectivity index (χ4n) is 3.10. The number of ether oxygens (including phenoxy) is 1. The Hall–Kier alpha value is -1.43. The van der Waals surface area contributed by atoms with Gasteiger partial charge in [0.05, 0.1) is 17.6 Å². The average Bonchev–Trinajstić information content (AvgIpc) is 2.87. The molecular formula is C16H24N4O. The molecule has 2 aromatic rings. The lowest BCUT2D eigenvalue weighted by Crippen LogP contribution is -2.38. The van der Waals surface area contributed by atoms with E-state index in [9.17, 15) is 0 Å². The van der Waals surface area contributed by atoms with Crippen LogP contribution in [0.4, 0.5) is 0 Å². The van der Waals surface area contributed by atoms with Gasteiger partial charge in [-0.2, -0.15) is 0 Å². The number of para-hydroxylation sites is 2. The van der Waals surface area contributed by atoms with Gasteiger partial charge in [-0.1, -0.05) is 12.1 Å². The van der Waals surface area contributed by atoms with E-state index >= 15 is 0 Å². The highest BCUT2D eigenvalue weighted by atomic mass is 16.5. The maximum absolute atomic E-state index is 5.87. The van der Waals surface area contributed by atoms with E-state index in [1.165, 1.54) is 11.3 Å². The van der Waals surface area contributed by atoms with Crippen LogP contribution in [0.25, 0.3) is 11.0 Å². The Morgan fingerprint density at radius 1 is 1.29 bits per heavy atom. The first-order chi connectivity index (χ1) is 10.3. The minimum atomic E-state index is 0.499.